The van der Waals surface area contributed by atoms with Crippen molar-refractivity contribution >= 4 is 21.8 Å². The quantitative estimate of drug-likeness (QED) is 0.731. The molecule has 0 aliphatic carbocycles. The van der Waals surface area contributed by atoms with Crippen molar-refractivity contribution in [2.45, 2.75) is 38.6 Å². The van der Waals surface area contributed by atoms with E-state index in [1.54, 1.807) is 11.9 Å². The van der Waals surface area contributed by atoms with Gasteiger partial charge in [-0.1, -0.05) is 19.8 Å². The number of aliphatic carboxylic acids is 1. The van der Waals surface area contributed by atoms with Crippen molar-refractivity contribution in [3.63, 3.8) is 0 Å². The van der Waals surface area contributed by atoms with Gasteiger partial charge in [-0.15, -0.1) is 0 Å². The van der Waals surface area contributed by atoms with Gasteiger partial charge in [-0.05, 0) is 6.42 Å². The predicted molar refractivity (Wildman–Crippen MR) is 79.0 cm³/mol. The SMILES string of the molecule is CCCCCN(C)C(=O)N1CCS(=O)(=O)CC1CC(=O)O. The maximum absolute atomic E-state index is 12.4. The highest BCUT2D eigenvalue weighted by molar-refractivity contribution is 7.91. The molecule has 1 fully saturated rings. The average molecular weight is 320 g/mol. The zero-order valence-corrected chi connectivity index (χ0v) is 13.4. The number of urea groups is 1. The molecule has 1 atom stereocenters. The molecule has 0 aromatic rings. The van der Waals surface area contributed by atoms with E-state index in [-0.39, 0.29) is 30.5 Å². The molecular formula is C13H24N2O5S. The van der Waals surface area contributed by atoms with Gasteiger partial charge in [0.2, 0.25) is 0 Å². The minimum Gasteiger partial charge on any atom is -0.481 e. The third-order valence-electron chi connectivity index (χ3n) is 3.61. The molecule has 0 radical (unpaired) electrons. The highest BCUT2D eigenvalue weighted by Crippen LogP contribution is 2.17. The van der Waals surface area contributed by atoms with Gasteiger partial charge >= 0.3 is 12.0 Å². The molecule has 1 rings (SSSR count). The largest absolute Gasteiger partial charge is 0.481 e. The first-order valence-electron chi connectivity index (χ1n) is 7.20. The van der Waals surface area contributed by atoms with Crippen LogP contribution in [0.2, 0.25) is 0 Å². The second-order valence-electron chi connectivity index (χ2n) is 5.47. The molecule has 0 spiro atoms. The summed E-state index contributed by atoms with van der Waals surface area (Å²) < 4.78 is 23.3. The van der Waals surface area contributed by atoms with Gasteiger partial charge < -0.3 is 14.9 Å². The molecule has 0 aromatic carbocycles. The van der Waals surface area contributed by atoms with Crippen LogP contribution in [0.25, 0.3) is 0 Å². The Morgan fingerprint density at radius 3 is 2.57 bits per heavy atom. The van der Waals surface area contributed by atoms with Crippen LogP contribution in [-0.2, 0) is 14.6 Å². The zero-order valence-electron chi connectivity index (χ0n) is 12.6. The Morgan fingerprint density at radius 2 is 2.00 bits per heavy atom. The van der Waals surface area contributed by atoms with Crippen LogP contribution >= 0.6 is 0 Å². The summed E-state index contributed by atoms with van der Waals surface area (Å²) in [5, 5.41) is 8.90. The molecular weight excluding hydrogens is 296 g/mol. The zero-order chi connectivity index (χ0) is 16.0. The van der Waals surface area contributed by atoms with E-state index in [2.05, 4.69) is 6.92 Å². The maximum atomic E-state index is 12.4. The highest BCUT2D eigenvalue weighted by Gasteiger charge is 2.36. The van der Waals surface area contributed by atoms with Crippen LogP contribution < -0.4 is 0 Å². The maximum Gasteiger partial charge on any atom is 0.320 e. The van der Waals surface area contributed by atoms with Gasteiger partial charge in [-0.3, -0.25) is 4.79 Å². The van der Waals surface area contributed by atoms with E-state index < -0.39 is 21.8 Å². The van der Waals surface area contributed by atoms with Gasteiger partial charge in [-0.25, -0.2) is 13.2 Å². The summed E-state index contributed by atoms with van der Waals surface area (Å²) in [6.07, 6.45) is 2.61. The lowest BCUT2D eigenvalue weighted by Gasteiger charge is -2.37. The Hall–Kier alpha value is -1.31. The Bertz CT molecular complexity index is 477. The molecule has 122 valence electrons. The molecule has 1 saturated heterocycles. The summed E-state index contributed by atoms with van der Waals surface area (Å²) in [6.45, 7) is 2.73. The summed E-state index contributed by atoms with van der Waals surface area (Å²) >= 11 is 0. The monoisotopic (exact) mass is 320 g/mol. The van der Waals surface area contributed by atoms with Crippen molar-refractivity contribution in [3.05, 3.63) is 0 Å². The van der Waals surface area contributed by atoms with Gasteiger partial charge in [0, 0.05) is 20.1 Å². The summed E-state index contributed by atoms with van der Waals surface area (Å²) in [6, 6.07) is -1.06. The van der Waals surface area contributed by atoms with E-state index in [9.17, 15) is 18.0 Å². The second-order valence-corrected chi connectivity index (χ2v) is 7.70. The van der Waals surface area contributed by atoms with Crippen LogP contribution in [0.3, 0.4) is 0 Å². The van der Waals surface area contributed by atoms with E-state index in [0.717, 1.165) is 19.3 Å². The number of nitrogens with zero attached hydrogens (tertiary/aromatic N) is 2. The van der Waals surface area contributed by atoms with Crippen LogP contribution in [0.4, 0.5) is 4.79 Å². The number of rotatable bonds is 6. The van der Waals surface area contributed by atoms with Crippen molar-refractivity contribution in [1.29, 1.82) is 0 Å². The number of unbranched alkanes of at least 4 members (excludes halogenated alkanes) is 2. The summed E-state index contributed by atoms with van der Waals surface area (Å²) in [5.41, 5.74) is 0. The Balaban J connectivity index is 2.72. The lowest BCUT2D eigenvalue weighted by Crippen LogP contribution is -2.55. The first-order valence-corrected chi connectivity index (χ1v) is 9.03. The number of carbonyl (C=O) groups excluding carboxylic acids is 1. The topological polar surface area (TPSA) is 95.0 Å². The Kier molecular flexibility index (Phi) is 6.44. The fourth-order valence-corrected chi connectivity index (χ4v) is 3.95. The molecule has 0 aromatic heterocycles. The molecule has 7 nitrogen and oxygen atoms in total. The lowest BCUT2D eigenvalue weighted by molar-refractivity contribution is -0.138. The van der Waals surface area contributed by atoms with Crippen molar-refractivity contribution in [2.24, 2.45) is 0 Å². The Morgan fingerprint density at radius 1 is 1.33 bits per heavy atom. The molecule has 1 aliphatic heterocycles. The number of hydrogen-bond acceptors (Lipinski definition) is 4. The van der Waals surface area contributed by atoms with Crippen molar-refractivity contribution in [2.75, 3.05) is 31.6 Å². The predicted octanol–water partition coefficient (Wildman–Crippen LogP) is 0.802. The first kappa shape index (κ1) is 17.7. The van der Waals surface area contributed by atoms with Gasteiger partial charge in [0.25, 0.3) is 0 Å². The van der Waals surface area contributed by atoms with Crippen molar-refractivity contribution < 1.29 is 23.1 Å². The fraction of sp³-hybridized carbons (Fsp3) is 0.846. The van der Waals surface area contributed by atoms with Crippen LogP contribution in [0, 0.1) is 0 Å². The highest BCUT2D eigenvalue weighted by atomic mass is 32.2. The Labute approximate surface area is 125 Å². The number of amides is 2. The average Bonchev–Trinajstić information content (AvgIpc) is 2.36. The molecule has 0 bridgehead atoms. The molecule has 1 unspecified atom stereocenters. The summed E-state index contributed by atoms with van der Waals surface area (Å²) in [7, 11) is -1.60. The molecule has 8 heteroatoms. The molecule has 2 amide bonds. The molecule has 21 heavy (non-hydrogen) atoms. The molecule has 0 saturated carbocycles. The molecule has 1 aliphatic rings. The molecule has 1 heterocycles. The second kappa shape index (κ2) is 7.63. The number of hydrogen-bond donors (Lipinski definition) is 1. The van der Waals surface area contributed by atoms with Crippen LogP contribution in [0.1, 0.15) is 32.6 Å². The van der Waals surface area contributed by atoms with Gasteiger partial charge in [0.05, 0.1) is 24.0 Å². The summed E-state index contributed by atoms with van der Waals surface area (Å²) in [5.74, 6) is -1.46. The number of carboxylic acids is 1. The van der Waals surface area contributed by atoms with E-state index in [4.69, 9.17) is 5.11 Å². The van der Waals surface area contributed by atoms with Crippen molar-refractivity contribution in [1.82, 2.24) is 9.80 Å². The minimum absolute atomic E-state index is 0.0667. The first-order chi connectivity index (χ1) is 9.76. The van der Waals surface area contributed by atoms with E-state index >= 15 is 0 Å². The fourth-order valence-electron chi connectivity index (χ4n) is 2.42. The van der Waals surface area contributed by atoms with Gasteiger partial charge in [0.15, 0.2) is 9.84 Å². The number of carboxylic acid groups (broad SMARTS) is 1. The van der Waals surface area contributed by atoms with E-state index in [0.29, 0.717) is 6.54 Å². The van der Waals surface area contributed by atoms with Gasteiger partial charge in [-0.2, -0.15) is 0 Å². The molecule has 1 N–H and O–H groups in total. The third kappa shape index (κ3) is 5.53. The number of sulfone groups is 1. The lowest BCUT2D eigenvalue weighted by atomic mass is 10.2. The van der Waals surface area contributed by atoms with E-state index in [1.807, 2.05) is 0 Å². The third-order valence-corrected chi connectivity index (χ3v) is 5.31. The van der Waals surface area contributed by atoms with Crippen LogP contribution in [0.15, 0.2) is 0 Å². The van der Waals surface area contributed by atoms with Gasteiger partial charge in [0.1, 0.15) is 0 Å². The van der Waals surface area contributed by atoms with Crippen LogP contribution in [0.5, 0.6) is 0 Å². The number of carbonyl (C=O) groups is 2. The van der Waals surface area contributed by atoms with E-state index in [1.165, 1.54) is 4.90 Å². The van der Waals surface area contributed by atoms with Crippen LogP contribution in [-0.4, -0.2) is 73.0 Å². The minimum atomic E-state index is -3.27. The smallest absolute Gasteiger partial charge is 0.320 e. The standard InChI is InChI=1S/C13H24N2O5S/c1-3-4-5-6-14(2)13(18)15-7-8-21(19,20)10-11(15)9-12(16)17/h11H,3-10H2,1-2H3,(H,16,17). The van der Waals surface area contributed by atoms with Crippen molar-refractivity contribution in [3.8, 4) is 0 Å². The normalized spacial score (nSPS) is 21.0. The summed E-state index contributed by atoms with van der Waals surface area (Å²) in [4.78, 5) is 26.2.